The molecule has 0 aromatic heterocycles. The molecule has 2 aromatic carbocycles. The van der Waals surface area contributed by atoms with Crippen molar-refractivity contribution >= 4 is 11.6 Å². The Morgan fingerprint density at radius 3 is 2.40 bits per heavy atom. The minimum Gasteiger partial charge on any atom is -0.489 e. The van der Waals surface area contributed by atoms with Crippen molar-refractivity contribution in [2.24, 2.45) is 5.73 Å². The molecule has 0 spiro atoms. The second-order valence-corrected chi connectivity index (χ2v) is 5.51. The fraction of sp³-hybridized carbons (Fsp3) is 0.294. The number of benzene rings is 2. The van der Waals surface area contributed by atoms with Crippen molar-refractivity contribution in [1.29, 1.82) is 0 Å². The second-order valence-electron chi connectivity index (χ2n) is 5.11. The molecular weight excluding hydrogens is 270 g/mol. The van der Waals surface area contributed by atoms with E-state index in [-0.39, 0.29) is 0 Å². The number of hydrogen-bond acceptors (Lipinski definition) is 2. The Bertz CT molecular complexity index is 564. The Balaban J connectivity index is 2.07. The zero-order chi connectivity index (χ0) is 14.5. The Morgan fingerprint density at radius 1 is 1.10 bits per heavy atom. The first-order valence-electron chi connectivity index (χ1n) is 6.81. The molecule has 0 aliphatic rings. The van der Waals surface area contributed by atoms with E-state index in [1.54, 1.807) is 0 Å². The molecule has 3 heteroatoms. The average molecular weight is 290 g/mol. The smallest absolute Gasteiger partial charge is 0.125 e. The van der Waals surface area contributed by atoms with Crippen LogP contribution in [0.25, 0.3) is 0 Å². The molecule has 0 aliphatic carbocycles. The highest BCUT2D eigenvalue weighted by molar-refractivity contribution is 6.31. The fourth-order valence-electron chi connectivity index (χ4n) is 2.03. The van der Waals surface area contributed by atoms with Gasteiger partial charge in [-0.1, -0.05) is 55.8 Å². The summed E-state index contributed by atoms with van der Waals surface area (Å²) in [5, 5.41) is 0.653. The summed E-state index contributed by atoms with van der Waals surface area (Å²) in [6.45, 7) is 5.27. The molecule has 0 unspecified atom stereocenters. The van der Waals surface area contributed by atoms with E-state index in [9.17, 15) is 0 Å². The summed E-state index contributed by atoms with van der Waals surface area (Å²) < 4.78 is 5.83. The number of halogens is 1. The van der Waals surface area contributed by atoms with Crippen molar-refractivity contribution in [3.05, 3.63) is 64.2 Å². The van der Waals surface area contributed by atoms with Crippen molar-refractivity contribution in [1.82, 2.24) is 0 Å². The van der Waals surface area contributed by atoms with Crippen LogP contribution in [-0.2, 0) is 13.2 Å². The first-order valence-corrected chi connectivity index (χ1v) is 7.18. The molecule has 2 N–H and O–H groups in total. The Kier molecular flexibility index (Phi) is 5.05. The quantitative estimate of drug-likeness (QED) is 0.879. The third-order valence-corrected chi connectivity index (χ3v) is 3.67. The van der Waals surface area contributed by atoms with E-state index in [0.29, 0.717) is 24.1 Å². The fourth-order valence-corrected chi connectivity index (χ4v) is 2.28. The molecule has 0 aliphatic heterocycles. The number of rotatable bonds is 5. The van der Waals surface area contributed by atoms with Gasteiger partial charge in [0.1, 0.15) is 12.4 Å². The minimum atomic E-state index is 0.376. The molecular formula is C17H20ClNO. The summed E-state index contributed by atoms with van der Waals surface area (Å²) in [5.74, 6) is 1.30. The highest BCUT2D eigenvalue weighted by atomic mass is 35.5. The molecule has 0 saturated carbocycles. The van der Waals surface area contributed by atoms with Gasteiger partial charge < -0.3 is 10.5 Å². The highest BCUT2D eigenvalue weighted by Gasteiger charge is 2.07. The molecule has 20 heavy (non-hydrogen) atoms. The van der Waals surface area contributed by atoms with E-state index < -0.39 is 0 Å². The summed E-state index contributed by atoms with van der Waals surface area (Å²) in [7, 11) is 0. The second kappa shape index (κ2) is 6.78. The van der Waals surface area contributed by atoms with Gasteiger partial charge in [0.25, 0.3) is 0 Å². The van der Waals surface area contributed by atoms with Gasteiger partial charge >= 0.3 is 0 Å². The largest absolute Gasteiger partial charge is 0.489 e. The van der Waals surface area contributed by atoms with Crippen LogP contribution >= 0.6 is 11.6 Å². The first kappa shape index (κ1) is 14.9. The minimum absolute atomic E-state index is 0.376. The van der Waals surface area contributed by atoms with E-state index in [4.69, 9.17) is 22.1 Å². The maximum Gasteiger partial charge on any atom is 0.125 e. The van der Waals surface area contributed by atoms with Gasteiger partial charge in [-0.15, -0.1) is 0 Å². The third-order valence-electron chi connectivity index (χ3n) is 3.32. The molecule has 0 saturated heterocycles. The molecule has 0 fully saturated rings. The van der Waals surface area contributed by atoms with Gasteiger partial charge in [0.15, 0.2) is 0 Å². The van der Waals surface area contributed by atoms with Crippen molar-refractivity contribution in [2.75, 3.05) is 0 Å². The standard InChI is InChI=1S/C17H20ClNO/c1-12(2)14-8-6-13(7-9-14)11-20-17-5-3-4-16(18)15(17)10-19/h3-9,12H,10-11,19H2,1-2H3. The number of hydrogen-bond donors (Lipinski definition) is 1. The predicted octanol–water partition coefficient (Wildman–Crippen LogP) is 4.50. The SMILES string of the molecule is CC(C)c1ccc(COc2cccc(Cl)c2CN)cc1. The van der Waals surface area contributed by atoms with E-state index in [2.05, 4.69) is 38.1 Å². The maximum absolute atomic E-state index is 6.11. The molecule has 2 nitrogen and oxygen atoms in total. The van der Waals surface area contributed by atoms with Crippen molar-refractivity contribution in [3.63, 3.8) is 0 Å². The van der Waals surface area contributed by atoms with E-state index >= 15 is 0 Å². The number of ether oxygens (including phenoxy) is 1. The van der Waals surface area contributed by atoms with E-state index in [0.717, 1.165) is 16.9 Å². The van der Waals surface area contributed by atoms with Crippen molar-refractivity contribution < 1.29 is 4.74 Å². The maximum atomic E-state index is 6.11. The van der Waals surface area contributed by atoms with Crippen molar-refractivity contribution in [2.45, 2.75) is 32.9 Å². The Morgan fingerprint density at radius 2 is 1.80 bits per heavy atom. The average Bonchev–Trinajstić information content (AvgIpc) is 2.45. The van der Waals surface area contributed by atoms with Gasteiger partial charge in [-0.25, -0.2) is 0 Å². The highest BCUT2D eigenvalue weighted by Crippen LogP contribution is 2.26. The van der Waals surface area contributed by atoms with Crippen LogP contribution in [0.2, 0.25) is 5.02 Å². The van der Waals surface area contributed by atoms with Crippen LogP contribution in [0.3, 0.4) is 0 Å². The first-order chi connectivity index (χ1) is 9.61. The van der Waals surface area contributed by atoms with E-state index in [1.807, 2.05) is 18.2 Å². The third kappa shape index (κ3) is 3.53. The van der Waals surface area contributed by atoms with Gasteiger partial charge in [0, 0.05) is 17.1 Å². The summed E-state index contributed by atoms with van der Waals surface area (Å²) >= 11 is 6.11. The summed E-state index contributed by atoms with van der Waals surface area (Å²) in [6.07, 6.45) is 0. The van der Waals surface area contributed by atoms with Gasteiger partial charge in [0.05, 0.1) is 0 Å². The molecule has 0 amide bonds. The van der Waals surface area contributed by atoms with Crippen LogP contribution in [0.15, 0.2) is 42.5 Å². The molecule has 0 atom stereocenters. The lowest BCUT2D eigenvalue weighted by Gasteiger charge is -2.12. The zero-order valence-corrected chi connectivity index (χ0v) is 12.7. The monoisotopic (exact) mass is 289 g/mol. The van der Waals surface area contributed by atoms with Gasteiger partial charge in [-0.3, -0.25) is 0 Å². The Hall–Kier alpha value is -1.51. The molecule has 2 rings (SSSR count). The molecule has 2 aromatic rings. The number of nitrogens with two attached hydrogens (primary N) is 1. The lowest BCUT2D eigenvalue weighted by Crippen LogP contribution is -2.03. The Labute approximate surface area is 125 Å². The zero-order valence-electron chi connectivity index (χ0n) is 11.9. The van der Waals surface area contributed by atoms with E-state index in [1.165, 1.54) is 5.56 Å². The molecule has 106 valence electrons. The van der Waals surface area contributed by atoms with Gasteiger partial charge in [-0.2, -0.15) is 0 Å². The normalized spacial score (nSPS) is 10.8. The van der Waals surface area contributed by atoms with Crippen LogP contribution in [-0.4, -0.2) is 0 Å². The van der Waals surface area contributed by atoms with Crippen LogP contribution < -0.4 is 10.5 Å². The van der Waals surface area contributed by atoms with Crippen LogP contribution in [0.1, 0.15) is 36.5 Å². The molecule has 0 bridgehead atoms. The van der Waals surface area contributed by atoms with Crippen LogP contribution in [0.4, 0.5) is 0 Å². The summed E-state index contributed by atoms with van der Waals surface area (Å²) in [6, 6.07) is 14.1. The lowest BCUT2D eigenvalue weighted by atomic mass is 10.0. The predicted molar refractivity (Wildman–Crippen MR) is 84.2 cm³/mol. The van der Waals surface area contributed by atoms with Gasteiger partial charge in [0.2, 0.25) is 0 Å². The summed E-state index contributed by atoms with van der Waals surface area (Å²) in [4.78, 5) is 0. The topological polar surface area (TPSA) is 35.2 Å². The van der Waals surface area contributed by atoms with Gasteiger partial charge in [-0.05, 0) is 29.2 Å². The molecule has 0 radical (unpaired) electrons. The van der Waals surface area contributed by atoms with Crippen LogP contribution in [0.5, 0.6) is 5.75 Å². The molecule has 0 heterocycles. The lowest BCUT2D eigenvalue weighted by molar-refractivity contribution is 0.303. The van der Waals surface area contributed by atoms with Crippen LogP contribution in [0, 0.1) is 0 Å². The van der Waals surface area contributed by atoms with Crippen molar-refractivity contribution in [3.8, 4) is 5.75 Å². The summed E-state index contributed by atoms with van der Waals surface area (Å²) in [5.41, 5.74) is 9.03.